The SMILES string of the molecule is O=C(NCCNc1ccc([N+](=O)[O-])cn1)C(F)(F)F. The molecule has 0 atom stereocenters. The Kier molecular flexibility index (Phi) is 4.62. The predicted octanol–water partition coefficient (Wildman–Crippen LogP) is 1.08. The Labute approximate surface area is 105 Å². The second-order valence-electron chi connectivity index (χ2n) is 3.34. The van der Waals surface area contributed by atoms with Gasteiger partial charge in [-0.15, -0.1) is 0 Å². The molecule has 1 aromatic rings. The number of pyridine rings is 1. The van der Waals surface area contributed by atoms with Crippen LogP contribution in [0.15, 0.2) is 18.3 Å². The van der Waals surface area contributed by atoms with E-state index in [2.05, 4.69) is 10.3 Å². The highest BCUT2D eigenvalue weighted by molar-refractivity contribution is 5.81. The van der Waals surface area contributed by atoms with Crippen molar-refractivity contribution < 1.29 is 22.9 Å². The van der Waals surface area contributed by atoms with E-state index < -0.39 is 17.0 Å². The van der Waals surface area contributed by atoms with Crippen LogP contribution in [0.4, 0.5) is 24.7 Å². The molecule has 1 rings (SSSR count). The van der Waals surface area contributed by atoms with Crippen LogP contribution >= 0.6 is 0 Å². The van der Waals surface area contributed by atoms with Crippen molar-refractivity contribution in [1.82, 2.24) is 10.3 Å². The topological polar surface area (TPSA) is 97.2 Å². The fourth-order valence-electron chi connectivity index (χ4n) is 1.07. The third-order valence-corrected chi connectivity index (χ3v) is 1.93. The molecule has 0 spiro atoms. The zero-order valence-electron chi connectivity index (χ0n) is 9.40. The number of nitrogens with zero attached hydrogens (tertiary/aromatic N) is 2. The molecule has 104 valence electrons. The number of alkyl halides is 3. The summed E-state index contributed by atoms with van der Waals surface area (Å²) in [5.41, 5.74) is -0.198. The Morgan fingerprint density at radius 3 is 2.53 bits per heavy atom. The Bertz CT molecular complexity index is 461. The number of carbonyl (C=O) groups excluding carboxylic acids is 1. The minimum absolute atomic E-state index is 0.00658. The van der Waals surface area contributed by atoms with E-state index >= 15 is 0 Å². The van der Waals surface area contributed by atoms with Crippen molar-refractivity contribution in [3.05, 3.63) is 28.4 Å². The van der Waals surface area contributed by atoms with E-state index in [-0.39, 0.29) is 24.6 Å². The molecule has 2 N–H and O–H groups in total. The molecular formula is C9H9F3N4O3. The quantitative estimate of drug-likeness (QED) is 0.477. The van der Waals surface area contributed by atoms with E-state index in [1.165, 1.54) is 12.1 Å². The molecule has 0 aliphatic heterocycles. The van der Waals surface area contributed by atoms with E-state index in [0.29, 0.717) is 0 Å². The van der Waals surface area contributed by atoms with Crippen LogP contribution in [0, 0.1) is 10.1 Å². The van der Waals surface area contributed by atoms with E-state index in [1.54, 1.807) is 5.32 Å². The lowest BCUT2D eigenvalue weighted by Gasteiger charge is -2.08. The minimum atomic E-state index is -4.91. The summed E-state index contributed by atoms with van der Waals surface area (Å²) in [5.74, 6) is -1.77. The molecule has 19 heavy (non-hydrogen) atoms. The highest BCUT2D eigenvalue weighted by Crippen LogP contribution is 2.14. The molecule has 7 nitrogen and oxygen atoms in total. The maximum absolute atomic E-state index is 11.8. The van der Waals surface area contributed by atoms with Crippen molar-refractivity contribution in [1.29, 1.82) is 0 Å². The second kappa shape index (κ2) is 5.98. The van der Waals surface area contributed by atoms with Gasteiger partial charge in [-0.2, -0.15) is 13.2 Å². The van der Waals surface area contributed by atoms with Crippen LogP contribution in [0.2, 0.25) is 0 Å². The number of amides is 1. The number of aromatic nitrogens is 1. The summed E-state index contributed by atoms with van der Waals surface area (Å²) in [6.07, 6.45) is -3.90. The van der Waals surface area contributed by atoms with Crippen molar-refractivity contribution in [2.45, 2.75) is 6.18 Å². The molecule has 1 heterocycles. The van der Waals surface area contributed by atoms with Crippen molar-refractivity contribution in [2.75, 3.05) is 18.4 Å². The van der Waals surface area contributed by atoms with Gasteiger partial charge in [0.05, 0.1) is 4.92 Å². The first-order chi connectivity index (χ1) is 8.80. The van der Waals surface area contributed by atoms with Gasteiger partial charge >= 0.3 is 12.1 Å². The Hall–Kier alpha value is -2.39. The van der Waals surface area contributed by atoms with Gasteiger partial charge < -0.3 is 10.6 Å². The molecule has 0 aliphatic carbocycles. The lowest BCUT2D eigenvalue weighted by Crippen LogP contribution is -2.39. The van der Waals surface area contributed by atoms with Crippen LogP contribution < -0.4 is 10.6 Å². The first kappa shape index (κ1) is 14.7. The van der Waals surface area contributed by atoms with Gasteiger partial charge in [-0.05, 0) is 6.07 Å². The van der Waals surface area contributed by atoms with Crippen LogP contribution in [0.1, 0.15) is 0 Å². The van der Waals surface area contributed by atoms with Gasteiger partial charge in [0.1, 0.15) is 12.0 Å². The number of nitrogens with one attached hydrogen (secondary N) is 2. The van der Waals surface area contributed by atoms with Gasteiger partial charge in [-0.1, -0.05) is 0 Å². The highest BCUT2D eigenvalue weighted by atomic mass is 19.4. The van der Waals surface area contributed by atoms with Crippen molar-refractivity contribution >= 4 is 17.4 Å². The monoisotopic (exact) mass is 278 g/mol. The molecule has 0 aliphatic rings. The van der Waals surface area contributed by atoms with E-state index in [4.69, 9.17) is 0 Å². The fraction of sp³-hybridized carbons (Fsp3) is 0.333. The second-order valence-corrected chi connectivity index (χ2v) is 3.34. The average Bonchev–Trinajstić information content (AvgIpc) is 2.33. The van der Waals surface area contributed by atoms with Crippen LogP contribution in [0.5, 0.6) is 0 Å². The first-order valence-electron chi connectivity index (χ1n) is 5.00. The van der Waals surface area contributed by atoms with Crippen LogP contribution in [0.3, 0.4) is 0 Å². The van der Waals surface area contributed by atoms with Gasteiger partial charge in [-0.3, -0.25) is 14.9 Å². The summed E-state index contributed by atoms with van der Waals surface area (Å²) in [6, 6.07) is 2.51. The molecular weight excluding hydrogens is 269 g/mol. The average molecular weight is 278 g/mol. The fourth-order valence-corrected chi connectivity index (χ4v) is 1.07. The van der Waals surface area contributed by atoms with Gasteiger partial charge in [-0.25, -0.2) is 4.98 Å². The van der Waals surface area contributed by atoms with Crippen molar-refractivity contribution in [2.24, 2.45) is 0 Å². The summed E-state index contributed by atoms with van der Waals surface area (Å²) in [6.45, 7) is -0.246. The summed E-state index contributed by atoms with van der Waals surface area (Å²) in [4.78, 5) is 23.8. The number of carbonyl (C=O) groups is 1. The van der Waals surface area contributed by atoms with Gasteiger partial charge in [0.15, 0.2) is 0 Å². The van der Waals surface area contributed by atoms with Gasteiger partial charge in [0, 0.05) is 19.2 Å². The lowest BCUT2D eigenvalue weighted by molar-refractivity contribution is -0.385. The maximum atomic E-state index is 11.8. The zero-order valence-corrected chi connectivity index (χ0v) is 9.40. The summed E-state index contributed by atoms with van der Waals surface area (Å²) < 4.78 is 35.4. The zero-order chi connectivity index (χ0) is 14.5. The minimum Gasteiger partial charge on any atom is -0.368 e. The van der Waals surface area contributed by atoms with E-state index in [9.17, 15) is 28.1 Å². The molecule has 0 bridgehead atoms. The molecule has 0 saturated carbocycles. The number of nitro groups is 1. The van der Waals surface area contributed by atoms with Gasteiger partial charge in [0.2, 0.25) is 0 Å². The molecule has 0 fully saturated rings. The summed E-state index contributed by atoms with van der Waals surface area (Å²) in [7, 11) is 0. The molecule has 10 heteroatoms. The molecule has 0 aromatic carbocycles. The van der Waals surface area contributed by atoms with Crippen LogP contribution in [-0.2, 0) is 4.79 Å². The normalized spacial score (nSPS) is 10.9. The highest BCUT2D eigenvalue weighted by Gasteiger charge is 2.38. The number of halogens is 3. The lowest BCUT2D eigenvalue weighted by atomic mass is 10.4. The molecule has 1 amide bonds. The first-order valence-corrected chi connectivity index (χ1v) is 5.00. The standard InChI is InChI=1S/C9H9F3N4O3/c10-9(11,12)8(17)14-4-3-13-7-2-1-6(5-15-7)16(18)19/h1-2,5H,3-4H2,(H,13,15)(H,14,17). The van der Waals surface area contributed by atoms with Crippen molar-refractivity contribution in [3.8, 4) is 0 Å². The third-order valence-electron chi connectivity index (χ3n) is 1.93. The maximum Gasteiger partial charge on any atom is 0.471 e. The molecule has 1 aromatic heterocycles. The smallest absolute Gasteiger partial charge is 0.368 e. The Balaban J connectivity index is 2.34. The van der Waals surface area contributed by atoms with Crippen LogP contribution in [0.25, 0.3) is 0 Å². The Morgan fingerprint density at radius 2 is 2.05 bits per heavy atom. The number of hydrogen-bond donors (Lipinski definition) is 2. The summed E-state index contributed by atoms with van der Waals surface area (Å²) in [5, 5.41) is 14.6. The number of anilines is 1. The molecule has 0 unspecified atom stereocenters. The number of rotatable bonds is 5. The van der Waals surface area contributed by atoms with E-state index in [1.807, 2.05) is 0 Å². The van der Waals surface area contributed by atoms with Crippen LogP contribution in [-0.4, -0.2) is 35.1 Å². The third kappa shape index (κ3) is 4.77. The van der Waals surface area contributed by atoms with Crippen molar-refractivity contribution in [3.63, 3.8) is 0 Å². The van der Waals surface area contributed by atoms with E-state index in [0.717, 1.165) is 6.20 Å². The number of hydrogen-bond acceptors (Lipinski definition) is 5. The molecule has 0 radical (unpaired) electrons. The molecule has 0 saturated heterocycles. The Morgan fingerprint density at radius 1 is 1.37 bits per heavy atom. The van der Waals surface area contributed by atoms with Gasteiger partial charge in [0.25, 0.3) is 5.69 Å². The largest absolute Gasteiger partial charge is 0.471 e. The predicted molar refractivity (Wildman–Crippen MR) is 58.4 cm³/mol. The summed E-state index contributed by atoms with van der Waals surface area (Å²) >= 11 is 0.